The van der Waals surface area contributed by atoms with Crippen molar-refractivity contribution in [2.45, 2.75) is 0 Å². The maximum Gasteiger partial charge on any atom is 0.335 e. The summed E-state index contributed by atoms with van der Waals surface area (Å²) < 4.78 is 0. The SMILES string of the molecule is O=C(O)c1ccccc1.[Al]. The van der Waals surface area contributed by atoms with Gasteiger partial charge in [0.2, 0.25) is 0 Å². The Morgan fingerprint density at radius 3 is 2.00 bits per heavy atom. The second kappa shape index (κ2) is 4.10. The van der Waals surface area contributed by atoms with E-state index in [0.29, 0.717) is 5.56 Å². The molecule has 1 aromatic carbocycles. The molecule has 0 amide bonds. The number of carboxylic acid groups (broad SMARTS) is 1. The second-order valence-corrected chi connectivity index (χ2v) is 1.67. The van der Waals surface area contributed by atoms with Crippen LogP contribution < -0.4 is 0 Å². The molecule has 0 fully saturated rings. The van der Waals surface area contributed by atoms with Crippen LogP contribution in [0.3, 0.4) is 0 Å². The zero-order chi connectivity index (χ0) is 6.69. The first-order valence-corrected chi connectivity index (χ1v) is 2.59. The van der Waals surface area contributed by atoms with Crippen molar-refractivity contribution in [3.63, 3.8) is 0 Å². The van der Waals surface area contributed by atoms with Crippen LogP contribution in [0.15, 0.2) is 30.3 Å². The molecule has 0 heterocycles. The van der Waals surface area contributed by atoms with Crippen molar-refractivity contribution in [2.24, 2.45) is 0 Å². The van der Waals surface area contributed by atoms with Crippen LogP contribution in [0.25, 0.3) is 0 Å². The number of carbonyl (C=O) groups is 1. The predicted molar refractivity (Wildman–Crippen MR) is 39.2 cm³/mol. The number of hydrogen-bond donors (Lipinski definition) is 1. The fourth-order valence-electron chi connectivity index (χ4n) is 0.581. The molecule has 0 unspecified atom stereocenters. The summed E-state index contributed by atoms with van der Waals surface area (Å²) in [5.41, 5.74) is 0.331. The molecule has 49 valence electrons. The molecule has 0 aliphatic carbocycles. The van der Waals surface area contributed by atoms with E-state index in [2.05, 4.69) is 0 Å². The molecule has 1 N–H and O–H groups in total. The van der Waals surface area contributed by atoms with Crippen LogP contribution >= 0.6 is 0 Å². The van der Waals surface area contributed by atoms with Crippen LogP contribution in [-0.2, 0) is 0 Å². The number of hydrogen-bond acceptors (Lipinski definition) is 1. The fourth-order valence-corrected chi connectivity index (χ4v) is 0.581. The van der Waals surface area contributed by atoms with Crippen molar-refractivity contribution in [3.8, 4) is 0 Å². The molecule has 0 saturated carbocycles. The van der Waals surface area contributed by atoms with E-state index in [9.17, 15) is 4.79 Å². The van der Waals surface area contributed by atoms with Gasteiger partial charge in [0.25, 0.3) is 0 Å². The highest BCUT2D eigenvalue weighted by molar-refractivity contribution is 5.87. The summed E-state index contributed by atoms with van der Waals surface area (Å²) in [5.74, 6) is -0.879. The summed E-state index contributed by atoms with van der Waals surface area (Å²) in [6, 6.07) is 8.30. The van der Waals surface area contributed by atoms with Gasteiger partial charge < -0.3 is 5.11 Å². The molecular formula is C7H6AlO2. The molecule has 0 aliphatic rings. The maximum absolute atomic E-state index is 10.2. The Morgan fingerprint density at radius 2 is 1.70 bits per heavy atom. The van der Waals surface area contributed by atoms with Crippen molar-refractivity contribution in [3.05, 3.63) is 35.9 Å². The first-order chi connectivity index (χ1) is 4.30. The van der Waals surface area contributed by atoms with Crippen LogP contribution in [0.5, 0.6) is 0 Å². The van der Waals surface area contributed by atoms with E-state index in [4.69, 9.17) is 5.11 Å². The van der Waals surface area contributed by atoms with Crippen molar-refractivity contribution in [1.82, 2.24) is 0 Å². The lowest BCUT2D eigenvalue weighted by Crippen LogP contribution is -1.93. The lowest BCUT2D eigenvalue weighted by molar-refractivity contribution is 0.0697. The number of benzene rings is 1. The summed E-state index contributed by atoms with van der Waals surface area (Å²) in [4.78, 5) is 10.2. The third kappa shape index (κ3) is 2.22. The molecule has 3 radical (unpaired) electrons. The monoisotopic (exact) mass is 149 g/mol. The van der Waals surface area contributed by atoms with E-state index in [0.717, 1.165) is 0 Å². The summed E-state index contributed by atoms with van der Waals surface area (Å²) in [6.07, 6.45) is 0. The molecule has 0 atom stereocenters. The Labute approximate surface area is 69.6 Å². The minimum Gasteiger partial charge on any atom is -0.478 e. The smallest absolute Gasteiger partial charge is 0.335 e. The highest BCUT2D eigenvalue weighted by Gasteiger charge is 1.96. The zero-order valence-electron chi connectivity index (χ0n) is 5.32. The molecule has 0 spiro atoms. The van der Waals surface area contributed by atoms with Gasteiger partial charge in [0, 0.05) is 17.4 Å². The standard InChI is InChI=1S/C7H6O2.Al/c8-7(9)6-4-2-1-3-5-6;/h1-5H,(H,8,9);. The van der Waals surface area contributed by atoms with Crippen molar-refractivity contribution < 1.29 is 9.90 Å². The molecule has 0 aliphatic heterocycles. The molecule has 0 saturated heterocycles. The van der Waals surface area contributed by atoms with E-state index in [1.807, 2.05) is 0 Å². The first kappa shape index (κ1) is 9.22. The Kier molecular flexibility index (Phi) is 3.79. The summed E-state index contributed by atoms with van der Waals surface area (Å²) >= 11 is 0. The normalized spacial score (nSPS) is 8.00. The topological polar surface area (TPSA) is 37.3 Å². The summed E-state index contributed by atoms with van der Waals surface area (Å²) in [5, 5.41) is 8.38. The van der Waals surface area contributed by atoms with Crippen LogP contribution in [0, 0.1) is 0 Å². The van der Waals surface area contributed by atoms with Gasteiger partial charge in [-0.3, -0.25) is 0 Å². The van der Waals surface area contributed by atoms with Gasteiger partial charge >= 0.3 is 5.97 Å². The van der Waals surface area contributed by atoms with Crippen LogP contribution in [0.2, 0.25) is 0 Å². The lowest BCUT2D eigenvalue weighted by Gasteiger charge is -1.88. The maximum atomic E-state index is 10.2. The van der Waals surface area contributed by atoms with Gasteiger partial charge in [-0.25, -0.2) is 4.79 Å². The van der Waals surface area contributed by atoms with Gasteiger partial charge in [-0.1, -0.05) is 18.2 Å². The van der Waals surface area contributed by atoms with E-state index in [1.165, 1.54) is 0 Å². The second-order valence-electron chi connectivity index (χ2n) is 1.67. The number of carboxylic acids is 1. The Hall–Kier alpha value is -0.778. The molecule has 1 rings (SSSR count). The van der Waals surface area contributed by atoms with E-state index >= 15 is 0 Å². The molecular weight excluding hydrogens is 143 g/mol. The van der Waals surface area contributed by atoms with Gasteiger partial charge in [0.05, 0.1) is 5.56 Å². The van der Waals surface area contributed by atoms with Gasteiger partial charge in [0.15, 0.2) is 0 Å². The van der Waals surface area contributed by atoms with Gasteiger partial charge in [-0.05, 0) is 12.1 Å². The van der Waals surface area contributed by atoms with Crippen molar-refractivity contribution in [1.29, 1.82) is 0 Å². The predicted octanol–water partition coefficient (Wildman–Crippen LogP) is 1.00. The third-order valence-electron chi connectivity index (χ3n) is 1.02. The average molecular weight is 149 g/mol. The Bertz CT molecular complexity index is 208. The van der Waals surface area contributed by atoms with E-state index < -0.39 is 5.97 Å². The van der Waals surface area contributed by atoms with Crippen molar-refractivity contribution >= 4 is 23.3 Å². The minimum atomic E-state index is -0.879. The van der Waals surface area contributed by atoms with Crippen LogP contribution in [0.4, 0.5) is 0 Å². The molecule has 0 bridgehead atoms. The van der Waals surface area contributed by atoms with E-state index in [1.54, 1.807) is 30.3 Å². The highest BCUT2D eigenvalue weighted by Crippen LogP contribution is 1.96. The molecule has 0 aromatic heterocycles. The highest BCUT2D eigenvalue weighted by atomic mass is 27.0. The van der Waals surface area contributed by atoms with Crippen LogP contribution in [-0.4, -0.2) is 28.4 Å². The summed E-state index contributed by atoms with van der Waals surface area (Å²) in [7, 11) is 0. The Balaban J connectivity index is 0.000000810. The zero-order valence-corrected chi connectivity index (χ0v) is 6.47. The molecule has 1 aromatic rings. The largest absolute Gasteiger partial charge is 0.478 e. The van der Waals surface area contributed by atoms with E-state index in [-0.39, 0.29) is 17.4 Å². The number of rotatable bonds is 1. The average Bonchev–Trinajstić information content (AvgIpc) is 1.90. The Morgan fingerprint density at radius 1 is 1.20 bits per heavy atom. The molecule has 3 heteroatoms. The molecule has 10 heavy (non-hydrogen) atoms. The first-order valence-electron chi connectivity index (χ1n) is 2.59. The summed E-state index contributed by atoms with van der Waals surface area (Å²) in [6.45, 7) is 0. The number of aromatic carboxylic acids is 1. The van der Waals surface area contributed by atoms with Gasteiger partial charge in [-0.2, -0.15) is 0 Å². The molecule has 2 nitrogen and oxygen atoms in total. The quantitative estimate of drug-likeness (QED) is 0.605. The minimum absolute atomic E-state index is 0. The van der Waals surface area contributed by atoms with Gasteiger partial charge in [-0.15, -0.1) is 0 Å². The van der Waals surface area contributed by atoms with Crippen LogP contribution in [0.1, 0.15) is 10.4 Å². The lowest BCUT2D eigenvalue weighted by atomic mass is 10.2. The van der Waals surface area contributed by atoms with Gasteiger partial charge in [0.1, 0.15) is 0 Å². The fraction of sp³-hybridized carbons (Fsp3) is 0. The van der Waals surface area contributed by atoms with Crippen molar-refractivity contribution in [2.75, 3.05) is 0 Å². The third-order valence-corrected chi connectivity index (χ3v) is 1.02.